The Kier molecular flexibility index (Phi) is 3.76. The van der Waals surface area contributed by atoms with Crippen molar-refractivity contribution >= 4 is 21.4 Å². The molecule has 0 aliphatic carbocycles. The van der Waals surface area contributed by atoms with Crippen LogP contribution in [0.4, 0.5) is 5.69 Å². The first kappa shape index (κ1) is 14.1. The first-order valence-corrected chi connectivity index (χ1v) is 7.51. The SMILES string of the molecule is NC(=O)c1cccc(CS(=O)(=O)c2ccc(N)cc2)c1. The number of rotatable bonds is 4. The lowest BCUT2D eigenvalue weighted by atomic mass is 10.1. The fourth-order valence-electron chi connectivity index (χ4n) is 1.79. The van der Waals surface area contributed by atoms with E-state index in [-0.39, 0.29) is 16.2 Å². The van der Waals surface area contributed by atoms with Crippen molar-refractivity contribution in [3.63, 3.8) is 0 Å². The number of hydrogen-bond acceptors (Lipinski definition) is 4. The average Bonchev–Trinajstić information content (AvgIpc) is 2.39. The van der Waals surface area contributed by atoms with E-state index >= 15 is 0 Å². The van der Waals surface area contributed by atoms with Crippen molar-refractivity contribution in [1.82, 2.24) is 0 Å². The van der Waals surface area contributed by atoms with Gasteiger partial charge in [-0.15, -0.1) is 0 Å². The molecule has 0 atom stereocenters. The molecular formula is C14H14N2O3S. The van der Waals surface area contributed by atoms with Crippen molar-refractivity contribution in [1.29, 1.82) is 0 Å². The number of nitrogens with two attached hydrogens (primary N) is 2. The molecule has 2 aromatic rings. The van der Waals surface area contributed by atoms with Crippen molar-refractivity contribution in [2.75, 3.05) is 5.73 Å². The number of benzene rings is 2. The summed E-state index contributed by atoms with van der Waals surface area (Å²) in [4.78, 5) is 11.3. The van der Waals surface area contributed by atoms with E-state index < -0.39 is 15.7 Å². The summed E-state index contributed by atoms with van der Waals surface area (Å²) in [6.07, 6.45) is 0. The zero-order chi connectivity index (χ0) is 14.8. The van der Waals surface area contributed by atoms with E-state index in [9.17, 15) is 13.2 Å². The van der Waals surface area contributed by atoms with Gasteiger partial charge in [0.15, 0.2) is 9.84 Å². The minimum absolute atomic E-state index is 0.191. The molecule has 0 aromatic heterocycles. The van der Waals surface area contributed by atoms with Gasteiger partial charge in [0, 0.05) is 11.3 Å². The van der Waals surface area contributed by atoms with Crippen LogP contribution in [0.2, 0.25) is 0 Å². The molecular weight excluding hydrogens is 276 g/mol. The van der Waals surface area contributed by atoms with Gasteiger partial charge in [-0.1, -0.05) is 12.1 Å². The fraction of sp³-hybridized carbons (Fsp3) is 0.0714. The molecule has 0 saturated heterocycles. The zero-order valence-electron chi connectivity index (χ0n) is 10.6. The van der Waals surface area contributed by atoms with Crippen LogP contribution in [0.1, 0.15) is 15.9 Å². The van der Waals surface area contributed by atoms with E-state index in [0.29, 0.717) is 11.3 Å². The van der Waals surface area contributed by atoms with Crippen molar-refractivity contribution in [3.8, 4) is 0 Å². The van der Waals surface area contributed by atoms with Gasteiger partial charge in [0.05, 0.1) is 10.6 Å². The molecule has 0 aliphatic heterocycles. The van der Waals surface area contributed by atoms with Crippen LogP contribution in [-0.2, 0) is 15.6 Å². The molecule has 104 valence electrons. The summed E-state index contributed by atoms with van der Waals surface area (Å²) < 4.78 is 24.5. The van der Waals surface area contributed by atoms with E-state index in [1.807, 2.05) is 0 Å². The molecule has 0 unspecified atom stereocenters. The molecule has 2 aromatic carbocycles. The van der Waals surface area contributed by atoms with Crippen LogP contribution in [0.5, 0.6) is 0 Å². The van der Waals surface area contributed by atoms with E-state index in [0.717, 1.165) is 0 Å². The molecule has 0 saturated carbocycles. The van der Waals surface area contributed by atoms with Gasteiger partial charge < -0.3 is 11.5 Å². The van der Waals surface area contributed by atoms with Crippen LogP contribution in [0.3, 0.4) is 0 Å². The normalized spacial score (nSPS) is 11.2. The maximum atomic E-state index is 12.2. The van der Waals surface area contributed by atoms with Crippen molar-refractivity contribution < 1.29 is 13.2 Å². The Labute approximate surface area is 117 Å². The van der Waals surface area contributed by atoms with Crippen molar-refractivity contribution in [2.24, 2.45) is 5.73 Å². The lowest BCUT2D eigenvalue weighted by molar-refractivity contribution is 0.1000. The predicted octanol–water partition coefficient (Wildman–Crippen LogP) is 1.34. The standard InChI is InChI=1S/C14H14N2O3S/c15-12-4-6-13(7-5-12)20(18,19)9-10-2-1-3-11(8-10)14(16)17/h1-8H,9,15H2,(H2,16,17). The summed E-state index contributed by atoms with van der Waals surface area (Å²) >= 11 is 0. The first-order chi connectivity index (χ1) is 9.38. The van der Waals surface area contributed by atoms with Gasteiger partial charge in [-0.25, -0.2) is 8.42 Å². The molecule has 0 heterocycles. The van der Waals surface area contributed by atoms with Crippen molar-refractivity contribution in [3.05, 3.63) is 59.7 Å². The van der Waals surface area contributed by atoms with E-state index in [2.05, 4.69) is 0 Å². The average molecular weight is 290 g/mol. The van der Waals surface area contributed by atoms with Crippen LogP contribution in [-0.4, -0.2) is 14.3 Å². The summed E-state index contributed by atoms with van der Waals surface area (Å²) in [7, 11) is -3.48. The molecule has 0 radical (unpaired) electrons. The molecule has 0 fully saturated rings. The van der Waals surface area contributed by atoms with Gasteiger partial charge in [0.1, 0.15) is 0 Å². The lowest BCUT2D eigenvalue weighted by Crippen LogP contribution is -2.12. The molecule has 1 amide bonds. The van der Waals surface area contributed by atoms with Gasteiger partial charge in [-0.2, -0.15) is 0 Å². The van der Waals surface area contributed by atoms with Crippen molar-refractivity contribution in [2.45, 2.75) is 10.6 Å². The Bertz CT molecular complexity index is 737. The Morgan fingerprint density at radius 3 is 2.30 bits per heavy atom. The molecule has 2 rings (SSSR count). The van der Waals surface area contributed by atoms with E-state index in [1.54, 1.807) is 18.2 Å². The number of carbonyl (C=O) groups excluding carboxylic acids is 1. The summed E-state index contributed by atoms with van der Waals surface area (Å²) in [5.74, 6) is -0.783. The largest absolute Gasteiger partial charge is 0.399 e. The number of carbonyl (C=O) groups is 1. The molecule has 20 heavy (non-hydrogen) atoms. The number of nitrogen functional groups attached to an aromatic ring is 1. The summed E-state index contributed by atoms with van der Waals surface area (Å²) in [5, 5.41) is 0. The first-order valence-electron chi connectivity index (χ1n) is 5.85. The van der Waals surface area contributed by atoms with Crippen LogP contribution in [0, 0.1) is 0 Å². The summed E-state index contributed by atoms with van der Waals surface area (Å²) in [6.45, 7) is 0. The van der Waals surface area contributed by atoms with Gasteiger partial charge in [0.25, 0.3) is 0 Å². The monoisotopic (exact) mass is 290 g/mol. The highest BCUT2D eigenvalue weighted by molar-refractivity contribution is 7.90. The van der Waals surface area contributed by atoms with Gasteiger partial charge in [-0.3, -0.25) is 4.79 Å². The zero-order valence-corrected chi connectivity index (χ0v) is 11.4. The minimum atomic E-state index is -3.48. The Balaban J connectivity index is 2.31. The van der Waals surface area contributed by atoms with Crippen LogP contribution in [0.15, 0.2) is 53.4 Å². The Morgan fingerprint density at radius 2 is 1.70 bits per heavy atom. The summed E-state index contributed by atoms with van der Waals surface area (Å²) in [6, 6.07) is 12.3. The third-order valence-corrected chi connectivity index (χ3v) is 4.51. The van der Waals surface area contributed by atoms with Gasteiger partial charge >= 0.3 is 0 Å². The maximum absolute atomic E-state index is 12.2. The second kappa shape index (κ2) is 5.34. The lowest BCUT2D eigenvalue weighted by Gasteiger charge is -2.06. The minimum Gasteiger partial charge on any atom is -0.399 e. The van der Waals surface area contributed by atoms with E-state index in [1.165, 1.54) is 30.3 Å². The molecule has 0 aliphatic rings. The third kappa shape index (κ3) is 3.16. The summed E-state index contributed by atoms with van der Waals surface area (Å²) in [5.41, 5.74) is 12.0. The smallest absolute Gasteiger partial charge is 0.248 e. The number of amides is 1. The Hall–Kier alpha value is -2.34. The third-order valence-electron chi connectivity index (χ3n) is 2.81. The quantitative estimate of drug-likeness (QED) is 0.829. The highest BCUT2D eigenvalue weighted by Crippen LogP contribution is 2.18. The number of anilines is 1. The second-order valence-corrected chi connectivity index (χ2v) is 6.38. The highest BCUT2D eigenvalue weighted by Gasteiger charge is 2.15. The fourth-order valence-corrected chi connectivity index (χ4v) is 3.13. The van der Waals surface area contributed by atoms with Crippen LogP contribution in [0.25, 0.3) is 0 Å². The maximum Gasteiger partial charge on any atom is 0.248 e. The number of hydrogen-bond donors (Lipinski definition) is 2. The molecule has 0 spiro atoms. The number of sulfone groups is 1. The molecule has 4 N–H and O–H groups in total. The Morgan fingerprint density at radius 1 is 1.05 bits per heavy atom. The topological polar surface area (TPSA) is 103 Å². The van der Waals surface area contributed by atoms with Crippen LogP contribution >= 0.6 is 0 Å². The molecule has 0 bridgehead atoms. The molecule has 5 nitrogen and oxygen atoms in total. The number of primary amides is 1. The van der Waals surface area contributed by atoms with Gasteiger partial charge in [0.2, 0.25) is 5.91 Å². The highest BCUT2D eigenvalue weighted by atomic mass is 32.2. The van der Waals surface area contributed by atoms with E-state index in [4.69, 9.17) is 11.5 Å². The van der Waals surface area contributed by atoms with Crippen LogP contribution < -0.4 is 11.5 Å². The predicted molar refractivity (Wildman–Crippen MR) is 76.7 cm³/mol. The van der Waals surface area contributed by atoms with Gasteiger partial charge in [-0.05, 0) is 42.0 Å². The molecule has 6 heteroatoms. The second-order valence-electron chi connectivity index (χ2n) is 4.39.